The predicted octanol–water partition coefficient (Wildman–Crippen LogP) is 5.43. The van der Waals surface area contributed by atoms with Crippen LogP contribution in [0.25, 0.3) is 22.2 Å². The number of anilines is 1. The summed E-state index contributed by atoms with van der Waals surface area (Å²) in [5.41, 5.74) is 4.65. The molecule has 0 radical (unpaired) electrons. The number of fused-ring (bicyclic) bond motifs is 1. The van der Waals surface area contributed by atoms with Crippen molar-refractivity contribution in [3.05, 3.63) is 48.0 Å². The highest BCUT2D eigenvalue weighted by atomic mass is 16.6. The first-order chi connectivity index (χ1) is 17.9. The Hall–Kier alpha value is -3.36. The van der Waals surface area contributed by atoms with E-state index >= 15 is 0 Å². The van der Waals surface area contributed by atoms with Crippen molar-refractivity contribution >= 4 is 28.9 Å². The van der Waals surface area contributed by atoms with Gasteiger partial charge in [0.15, 0.2) is 0 Å². The molecule has 1 unspecified atom stereocenters. The normalized spacial score (nSPS) is 18.2. The fraction of sp³-hybridized carbons (Fsp3) is 0.448. The van der Waals surface area contributed by atoms with Gasteiger partial charge in [0.05, 0.1) is 23.4 Å². The lowest BCUT2D eigenvalue weighted by atomic mass is 9.92. The maximum absolute atomic E-state index is 12.0. The van der Waals surface area contributed by atoms with Crippen LogP contribution >= 0.6 is 0 Å². The number of rotatable bonds is 9. The summed E-state index contributed by atoms with van der Waals surface area (Å²) in [6.07, 6.45) is 4.80. The first-order valence-electron chi connectivity index (χ1n) is 13.2. The Morgan fingerprint density at radius 1 is 1.19 bits per heavy atom. The van der Waals surface area contributed by atoms with Crippen LogP contribution in [0.4, 0.5) is 10.5 Å². The van der Waals surface area contributed by atoms with E-state index in [1.54, 1.807) is 0 Å². The second-order valence-corrected chi connectivity index (χ2v) is 10.3. The van der Waals surface area contributed by atoms with Crippen LogP contribution in [0.5, 0.6) is 5.75 Å². The van der Waals surface area contributed by atoms with Gasteiger partial charge in [-0.05, 0) is 69.4 Å². The third kappa shape index (κ3) is 5.50. The van der Waals surface area contributed by atoms with E-state index < -0.39 is 6.09 Å². The fourth-order valence-corrected chi connectivity index (χ4v) is 5.25. The van der Waals surface area contributed by atoms with Gasteiger partial charge in [-0.15, -0.1) is 0 Å². The van der Waals surface area contributed by atoms with Gasteiger partial charge in [-0.1, -0.05) is 12.1 Å². The van der Waals surface area contributed by atoms with Crippen molar-refractivity contribution in [3.8, 4) is 17.0 Å². The van der Waals surface area contributed by atoms with Crippen LogP contribution < -0.4 is 10.1 Å². The number of carbonyl (C=O) groups excluding carboxylic acids is 1. The highest BCUT2D eigenvalue weighted by Gasteiger charge is 2.27. The van der Waals surface area contributed by atoms with Gasteiger partial charge in [-0.2, -0.15) is 0 Å². The van der Waals surface area contributed by atoms with Crippen molar-refractivity contribution in [2.45, 2.75) is 57.8 Å². The summed E-state index contributed by atoms with van der Waals surface area (Å²) in [5.74, 6) is 0.816. The molecule has 1 aliphatic carbocycles. The number of nitrogens with zero attached hydrogens (tertiary/aromatic N) is 2. The molecule has 2 heterocycles. The summed E-state index contributed by atoms with van der Waals surface area (Å²) in [5, 5.41) is 21.8. The second kappa shape index (κ2) is 10.9. The lowest BCUT2D eigenvalue weighted by Gasteiger charge is -2.30. The third-order valence-electron chi connectivity index (χ3n) is 7.27. The van der Waals surface area contributed by atoms with Crippen LogP contribution in [0, 0.1) is 5.41 Å². The van der Waals surface area contributed by atoms with Crippen LogP contribution in [0.2, 0.25) is 0 Å². The Kier molecular flexibility index (Phi) is 7.48. The molecule has 8 heteroatoms. The lowest BCUT2D eigenvalue weighted by Crippen LogP contribution is -2.27. The zero-order valence-electron chi connectivity index (χ0n) is 21.6. The average molecular weight is 505 g/mol. The first-order valence-corrected chi connectivity index (χ1v) is 13.2. The molecule has 5 rings (SSSR count). The van der Waals surface area contributed by atoms with Gasteiger partial charge in [0, 0.05) is 54.6 Å². The number of carbonyl (C=O) groups is 1. The van der Waals surface area contributed by atoms with Gasteiger partial charge in [-0.3, -0.25) is 10.2 Å². The average Bonchev–Trinajstić information content (AvgIpc) is 3.38. The lowest BCUT2D eigenvalue weighted by molar-refractivity contribution is 0.130. The van der Waals surface area contributed by atoms with E-state index in [1.165, 1.54) is 12.6 Å². The number of β-amino-alcohol motifs (C(OH)–C–C–N with tert-alkyl or cyclic N) is 1. The van der Waals surface area contributed by atoms with Crippen LogP contribution in [0.15, 0.2) is 42.5 Å². The zero-order chi connectivity index (χ0) is 25.9. The number of ether oxygens (including phenoxy) is 2. The topological polar surface area (TPSA) is 99.8 Å². The summed E-state index contributed by atoms with van der Waals surface area (Å²) in [6.45, 7) is 6.62. The molecule has 1 amide bonds. The Bertz CT molecular complexity index is 1260. The van der Waals surface area contributed by atoms with Crippen LogP contribution in [-0.4, -0.2) is 65.3 Å². The molecule has 2 fully saturated rings. The molecular formula is C29H36N4O4. The third-order valence-corrected chi connectivity index (χ3v) is 7.27. The molecule has 8 nitrogen and oxygen atoms in total. The minimum atomic E-state index is -0.472. The molecule has 2 aromatic carbocycles. The van der Waals surface area contributed by atoms with Gasteiger partial charge in [-0.25, -0.2) is 4.79 Å². The highest BCUT2D eigenvalue weighted by Crippen LogP contribution is 2.43. The number of aliphatic hydroxyl groups is 1. The number of benzene rings is 2. The number of amides is 1. The SMILES string of the molecule is CC(C)OC(=O)Nc1ccc(-c2c(C=N)c3ccc(OCCN4CCC(O)C4)cc3n2C2CCC2)cc1. The van der Waals surface area contributed by atoms with Crippen LogP contribution in [-0.2, 0) is 4.74 Å². The molecule has 1 atom stereocenters. The number of aliphatic hydroxyl groups excluding tert-OH is 1. The maximum Gasteiger partial charge on any atom is 0.411 e. The van der Waals surface area contributed by atoms with Gasteiger partial charge in [0.25, 0.3) is 0 Å². The van der Waals surface area contributed by atoms with Crippen molar-refractivity contribution in [1.82, 2.24) is 9.47 Å². The van der Waals surface area contributed by atoms with E-state index in [-0.39, 0.29) is 12.2 Å². The Labute approximate surface area is 217 Å². The zero-order valence-corrected chi connectivity index (χ0v) is 21.6. The minimum Gasteiger partial charge on any atom is -0.492 e. The second-order valence-electron chi connectivity index (χ2n) is 10.3. The van der Waals surface area contributed by atoms with Crippen molar-refractivity contribution < 1.29 is 19.4 Å². The summed E-state index contributed by atoms with van der Waals surface area (Å²) < 4.78 is 13.7. The molecule has 1 aromatic heterocycles. The van der Waals surface area contributed by atoms with E-state index in [2.05, 4.69) is 26.9 Å². The molecule has 3 aromatic rings. The predicted molar refractivity (Wildman–Crippen MR) is 146 cm³/mol. The number of hydrogen-bond donors (Lipinski definition) is 3. The maximum atomic E-state index is 12.0. The summed E-state index contributed by atoms with van der Waals surface area (Å²) in [4.78, 5) is 14.2. The highest BCUT2D eigenvalue weighted by molar-refractivity contribution is 6.06. The van der Waals surface area contributed by atoms with E-state index in [4.69, 9.17) is 14.9 Å². The molecule has 2 aliphatic rings. The van der Waals surface area contributed by atoms with Gasteiger partial charge in [0.2, 0.25) is 0 Å². The summed E-state index contributed by atoms with van der Waals surface area (Å²) in [7, 11) is 0. The summed E-state index contributed by atoms with van der Waals surface area (Å²) in [6, 6.07) is 14.2. The van der Waals surface area contributed by atoms with Crippen molar-refractivity contribution in [3.63, 3.8) is 0 Å². The molecule has 0 bridgehead atoms. The van der Waals surface area contributed by atoms with E-state index in [0.717, 1.165) is 65.8 Å². The molecule has 3 N–H and O–H groups in total. The molecule has 37 heavy (non-hydrogen) atoms. The van der Waals surface area contributed by atoms with E-state index in [0.29, 0.717) is 24.9 Å². The molecular weight excluding hydrogens is 468 g/mol. The molecule has 1 aliphatic heterocycles. The minimum absolute atomic E-state index is 0.186. The Morgan fingerprint density at radius 2 is 1.97 bits per heavy atom. The Morgan fingerprint density at radius 3 is 2.59 bits per heavy atom. The van der Waals surface area contributed by atoms with Crippen LogP contribution in [0.3, 0.4) is 0 Å². The monoisotopic (exact) mass is 504 g/mol. The molecule has 196 valence electrons. The molecule has 1 saturated heterocycles. The Balaban J connectivity index is 1.43. The first kappa shape index (κ1) is 25.3. The van der Waals surface area contributed by atoms with Crippen molar-refractivity contribution in [1.29, 1.82) is 5.41 Å². The number of aromatic nitrogens is 1. The smallest absolute Gasteiger partial charge is 0.411 e. The standard InChI is InChI=1S/C29H36N4O4/c1-19(2)37-29(35)31-21-8-6-20(7-9-21)28-26(17-30)25-11-10-24(16-27(25)33(28)22-4-3-5-22)36-15-14-32-13-12-23(34)18-32/h6-11,16-17,19,22-23,30,34H,3-5,12-15,18H2,1-2H3,(H,31,35). The quantitative estimate of drug-likeness (QED) is 0.337. The van der Waals surface area contributed by atoms with Crippen molar-refractivity contribution in [2.24, 2.45) is 0 Å². The van der Waals surface area contributed by atoms with Gasteiger partial charge >= 0.3 is 6.09 Å². The van der Waals surface area contributed by atoms with Gasteiger partial charge < -0.3 is 24.6 Å². The number of hydrogen-bond acceptors (Lipinski definition) is 6. The van der Waals surface area contributed by atoms with Crippen LogP contribution in [0.1, 0.15) is 51.1 Å². The molecule has 1 saturated carbocycles. The number of nitrogens with one attached hydrogen (secondary N) is 2. The van der Waals surface area contributed by atoms with Gasteiger partial charge in [0.1, 0.15) is 12.4 Å². The molecule has 0 spiro atoms. The van der Waals surface area contributed by atoms with Crippen molar-refractivity contribution in [2.75, 3.05) is 31.6 Å². The van der Waals surface area contributed by atoms with E-state index in [1.807, 2.05) is 44.2 Å². The largest absolute Gasteiger partial charge is 0.492 e. The summed E-state index contributed by atoms with van der Waals surface area (Å²) >= 11 is 0. The number of likely N-dealkylation sites (tertiary alicyclic amines) is 1. The fourth-order valence-electron chi connectivity index (χ4n) is 5.25. The van der Waals surface area contributed by atoms with E-state index in [9.17, 15) is 9.90 Å².